The first-order valence-corrected chi connectivity index (χ1v) is 21.7. The first kappa shape index (κ1) is 50.8. The number of hydrogen-bond donors (Lipinski definition) is 4. The number of ether oxygens (including phenoxy) is 2. The van der Waals surface area contributed by atoms with Crippen molar-refractivity contribution in [2.75, 3.05) is 26.2 Å². The SMILES string of the molecule is CC(C)(C)OC(=O)NC1=Nc2cc(Br)ccc2C=C(C(=O)O)C1.CCCN(CCC)C(=O)C1=Cc2ccc(Br)cc2N=C(NC(=O)OC(C)(C)C)C1.CCCNCCC. The summed E-state index contributed by atoms with van der Waals surface area (Å²) >= 11 is 6.81. The number of aliphatic carboxylic acids is 1. The van der Waals surface area contributed by atoms with Crippen molar-refractivity contribution >= 4 is 91.1 Å². The molecule has 0 bridgehead atoms. The maximum atomic E-state index is 13.2. The third kappa shape index (κ3) is 19.5. The average molecular weight is 947 g/mol. The van der Waals surface area contributed by atoms with E-state index in [-0.39, 0.29) is 30.2 Å². The van der Waals surface area contributed by atoms with Gasteiger partial charge in [-0.25, -0.2) is 24.4 Å². The number of amides is 3. The van der Waals surface area contributed by atoms with Gasteiger partial charge < -0.3 is 24.8 Å². The van der Waals surface area contributed by atoms with Gasteiger partial charge in [0.25, 0.3) is 0 Å². The molecule has 0 aliphatic carbocycles. The highest BCUT2D eigenvalue weighted by Crippen LogP contribution is 2.31. The Balaban J connectivity index is 0.000000356. The Bertz CT molecular complexity index is 1880. The number of carbonyl (C=O) groups excluding carboxylic acids is 3. The number of rotatable bonds is 10. The van der Waals surface area contributed by atoms with Gasteiger partial charge >= 0.3 is 18.2 Å². The predicted octanol–water partition coefficient (Wildman–Crippen LogP) is 10.7. The van der Waals surface area contributed by atoms with E-state index in [1.54, 1.807) is 65.8 Å². The number of amidine groups is 2. The van der Waals surface area contributed by atoms with Crippen molar-refractivity contribution in [3.63, 3.8) is 0 Å². The summed E-state index contributed by atoms with van der Waals surface area (Å²) in [5, 5.41) is 17.8. The van der Waals surface area contributed by atoms with Crippen molar-refractivity contribution in [3.05, 3.63) is 67.6 Å². The largest absolute Gasteiger partial charge is 0.478 e. The molecule has 15 heteroatoms. The number of carboxylic acids is 1. The van der Waals surface area contributed by atoms with Crippen molar-refractivity contribution in [1.29, 1.82) is 0 Å². The Morgan fingerprint density at radius 3 is 1.46 bits per heavy atom. The van der Waals surface area contributed by atoms with Crippen molar-refractivity contribution in [2.24, 2.45) is 9.98 Å². The molecule has 0 aromatic heterocycles. The fourth-order valence-electron chi connectivity index (χ4n) is 5.48. The Morgan fingerprint density at radius 2 is 1.08 bits per heavy atom. The molecule has 4 rings (SSSR count). The van der Waals surface area contributed by atoms with Crippen LogP contribution in [0.5, 0.6) is 0 Å². The zero-order valence-electron chi connectivity index (χ0n) is 36.2. The molecule has 0 unspecified atom stereocenters. The number of carboxylic acid groups (broad SMARTS) is 1. The van der Waals surface area contributed by atoms with Crippen molar-refractivity contribution < 1.29 is 33.8 Å². The molecule has 59 heavy (non-hydrogen) atoms. The Hall–Kier alpha value is -4.34. The van der Waals surface area contributed by atoms with Gasteiger partial charge in [-0.1, -0.05) is 71.7 Å². The van der Waals surface area contributed by atoms with Gasteiger partial charge in [-0.05, 0) is 117 Å². The molecule has 0 radical (unpaired) electrons. The topological polar surface area (TPSA) is 171 Å². The lowest BCUT2D eigenvalue weighted by molar-refractivity contribution is -0.132. The van der Waals surface area contributed by atoms with Crippen LogP contribution in [-0.2, 0) is 19.1 Å². The van der Waals surface area contributed by atoms with E-state index in [1.807, 2.05) is 29.2 Å². The van der Waals surface area contributed by atoms with Crippen LogP contribution in [0.25, 0.3) is 12.2 Å². The third-order valence-electron chi connectivity index (χ3n) is 7.84. The minimum atomic E-state index is -1.06. The summed E-state index contributed by atoms with van der Waals surface area (Å²) in [6.07, 6.45) is 6.68. The van der Waals surface area contributed by atoms with Crippen LogP contribution in [0.2, 0.25) is 0 Å². The first-order chi connectivity index (χ1) is 27.7. The predicted molar refractivity (Wildman–Crippen MR) is 245 cm³/mol. The highest BCUT2D eigenvalue weighted by atomic mass is 79.9. The number of alkyl carbamates (subject to hydrolysis) is 2. The number of carbonyl (C=O) groups is 4. The summed E-state index contributed by atoms with van der Waals surface area (Å²) < 4.78 is 12.2. The van der Waals surface area contributed by atoms with E-state index in [9.17, 15) is 24.3 Å². The normalized spacial score (nSPS) is 13.3. The monoisotopic (exact) mass is 944 g/mol. The Morgan fingerprint density at radius 1 is 0.678 bits per heavy atom. The van der Waals surface area contributed by atoms with E-state index < -0.39 is 29.4 Å². The van der Waals surface area contributed by atoms with E-state index in [4.69, 9.17) is 9.47 Å². The number of hydrogen-bond acceptors (Lipinski definition) is 9. The van der Waals surface area contributed by atoms with Crippen molar-refractivity contribution in [1.82, 2.24) is 20.9 Å². The summed E-state index contributed by atoms with van der Waals surface area (Å²) in [7, 11) is 0. The molecular formula is C44H62Br2N6O7. The van der Waals surface area contributed by atoms with E-state index >= 15 is 0 Å². The molecule has 0 atom stereocenters. The quantitative estimate of drug-likeness (QED) is 0.171. The van der Waals surface area contributed by atoms with E-state index in [0.29, 0.717) is 41.4 Å². The molecule has 2 heterocycles. The van der Waals surface area contributed by atoms with Crippen LogP contribution in [0.4, 0.5) is 21.0 Å². The van der Waals surface area contributed by atoms with Crippen LogP contribution >= 0.6 is 31.9 Å². The summed E-state index contributed by atoms with van der Waals surface area (Å²) in [5.74, 6) is -0.462. The molecule has 0 saturated carbocycles. The zero-order chi connectivity index (χ0) is 44.3. The highest BCUT2D eigenvalue weighted by Gasteiger charge is 2.25. The van der Waals surface area contributed by atoms with Crippen LogP contribution in [-0.4, -0.2) is 83.1 Å². The highest BCUT2D eigenvalue weighted by molar-refractivity contribution is 9.10. The summed E-state index contributed by atoms with van der Waals surface area (Å²) in [6, 6.07) is 11.0. The molecule has 2 aliphatic heterocycles. The van der Waals surface area contributed by atoms with Gasteiger partial charge in [0.15, 0.2) is 0 Å². The van der Waals surface area contributed by atoms with Gasteiger partial charge in [0.2, 0.25) is 5.91 Å². The third-order valence-corrected chi connectivity index (χ3v) is 8.83. The molecular weight excluding hydrogens is 884 g/mol. The van der Waals surface area contributed by atoms with E-state index in [2.05, 4.69) is 85.5 Å². The number of nitrogens with zero attached hydrogens (tertiary/aromatic N) is 3. The molecule has 13 nitrogen and oxygen atoms in total. The first-order valence-electron chi connectivity index (χ1n) is 20.1. The minimum Gasteiger partial charge on any atom is -0.478 e. The Labute approximate surface area is 366 Å². The van der Waals surface area contributed by atoms with Crippen molar-refractivity contribution in [2.45, 2.75) is 119 Å². The second-order valence-corrected chi connectivity index (χ2v) is 17.6. The molecule has 0 spiro atoms. The van der Waals surface area contributed by atoms with Crippen LogP contribution in [0.15, 0.2) is 66.5 Å². The molecule has 2 aromatic carbocycles. The summed E-state index contributed by atoms with van der Waals surface area (Å²) in [4.78, 5) is 59.6. The summed E-state index contributed by atoms with van der Waals surface area (Å²) in [6.45, 7) is 22.9. The number of fused-ring (bicyclic) bond motifs is 2. The van der Waals surface area contributed by atoms with Gasteiger partial charge in [-0.3, -0.25) is 15.4 Å². The van der Waals surface area contributed by atoms with Gasteiger partial charge in [0.1, 0.15) is 22.9 Å². The number of benzene rings is 2. The van der Waals surface area contributed by atoms with E-state index in [1.165, 1.54) is 25.9 Å². The summed E-state index contributed by atoms with van der Waals surface area (Å²) in [5.41, 5.74) is 2.24. The maximum Gasteiger partial charge on any atom is 0.413 e. The van der Waals surface area contributed by atoms with Crippen LogP contribution in [0.1, 0.15) is 119 Å². The number of halogens is 2. The lowest BCUT2D eigenvalue weighted by Gasteiger charge is -2.23. The average Bonchev–Trinajstić information content (AvgIpc) is 3.41. The Kier molecular flexibility index (Phi) is 21.2. The van der Waals surface area contributed by atoms with Crippen molar-refractivity contribution in [3.8, 4) is 0 Å². The maximum absolute atomic E-state index is 13.2. The van der Waals surface area contributed by atoms with Crippen LogP contribution < -0.4 is 16.0 Å². The molecule has 2 aliphatic rings. The number of aliphatic imine (C=N–C) groups is 2. The molecule has 2 aromatic rings. The van der Waals surface area contributed by atoms with Gasteiger partial charge in [-0.15, -0.1) is 0 Å². The van der Waals surface area contributed by atoms with Crippen LogP contribution in [0.3, 0.4) is 0 Å². The standard InChI is InChI=1S/C22H30BrN3O3.C16H17BrN2O4.C6H15N/c1-6-10-26(11-7-2)20(27)16-12-15-8-9-17(23)14-18(15)24-19(13-16)25-21(28)29-22(3,4)5;1-16(2,3)23-15(22)19-13-7-10(14(20)21)6-9-4-5-11(17)8-12(9)18-13;1-3-5-7-6-4-2/h8-9,12,14H,6-7,10-11,13H2,1-5H3,(H,24,25,28);4-6,8H,7H2,1-3H3,(H,20,21)(H,18,19,22);7H,3-6H2,1-2H3. The van der Waals surface area contributed by atoms with Gasteiger partial charge in [0, 0.05) is 57.1 Å². The second kappa shape index (κ2) is 24.7. The minimum absolute atomic E-state index is 0.000868. The fourth-order valence-corrected chi connectivity index (χ4v) is 6.18. The second-order valence-electron chi connectivity index (χ2n) is 15.8. The molecule has 0 fully saturated rings. The zero-order valence-corrected chi connectivity index (χ0v) is 39.4. The van der Waals surface area contributed by atoms with Gasteiger partial charge in [0.05, 0.1) is 11.4 Å². The molecule has 4 N–H and O–H groups in total. The molecule has 0 saturated heterocycles. The fraction of sp³-hybridized carbons (Fsp3) is 0.500. The molecule has 3 amide bonds. The van der Waals surface area contributed by atoms with E-state index in [0.717, 1.165) is 27.4 Å². The number of nitrogens with one attached hydrogen (secondary N) is 3. The van der Waals surface area contributed by atoms with Gasteiger partial charge in [-0.2, -0.15) is 0 Å². The van der Waals surface area contributed by atoms with Crippen LogP contribution in [0, 0.1) is 0 Å². The lowest BCUT2D eigenvalue weighted by atomic mass is 10.1. The smallest absolute Gasteiger partial charge is 0.413 e. The molecule has 324 valence electrons. The lowest BCUT2D eigenvalue weighted by Crippen LogP contribution is -2.38.